The zero-order chi connectivity index (χ0) is 23.6. The third-order valence-corrected chi connectivity index (χ3v) is 9.20. The molecule has 0 N–H and O–H groups in total. The van der Waals surface area contributed by atoms with Crippen LogP contribution < -0.4 is 0 Å². The van der Waals surface area contributed by atoms with E-state index in [0.717, 1.165) is 41.4 Å². The van der Waals surface area contributed by atoms with Crippen LogP contribution in [0.2, 0.25) is 0 Å². The summed E-state index contributed by atoms with van der Waals surface area (Å²) < 4.78 is 0. The van der Waals surface area contributed by atoms with Crippen LogP contribution in [0.4, 0.5) is 0 Å². The molecule has 1 fully saturated rings. The van der Waals surface area contributed by atoms with Crippen molar-refractivity contribution in [3.63, 3.8) is 0 Å². The Morgan fingerprint density at radius 2 is 0.613 bits per heavy atom. The van der Waals surface area contributed by atoms with Crippen LogP contribution in [-0.2, 0) is 0 Å². The molecular weight excluding hydrogens is 372 g/mol. The molecule has 188 valence electrons. The standard InChI is InChI=1S/C16H32.C15H32/c1-5-13-9-14(6-2)11-16(8-4)12-15(7-3)10-13;1-6-13(7-2)11-15(10-5)12-14(8-3)9-4/h13-16H,5-12H2,1-4H3;13-15H,6-12H2,1-5H3. The van der Waals surface area contributed by atoms with E-state index in [1.54, 1.807) is 0 Å². The molecule has 0 nitrogen and oxygen atoms in total. The second kappa shape index (κ2) is 19.5. The predicted molar refractivity (Wildman–Crippen MR) is 145 cm³/mol. The molecule has 0 atom stereocenters. The summed E-state index contributed by atoms with van der Waals surface area (Å²) in [6, 6.07) is 0. The molecule has 0 radical (unpaired) electrons. The van der Waals surface area contributed by atoms with Crippen LogP contribution in [0.25, 0.3) is 0 Å². The van der Waals surface area contributed by atoms with Crippen LogP contribution in [0.1, 0.15) is 159 Å². The van der Waals surface area contributed by atoms with E-state index in [2.05, 4.69) is 62.3 Å². The molecule has 1 aliphatic carbocycles. The van der Waals surface area contributed by atoms with Crippen molar-refractivity contribution in [3.05, 3.63) is 0 Å². The molecule has 0 bridgehead atoms. The Kier molecular flexibility index (Phi) is 19.5. The Morgan fingerprint density at radius 3 is 0.774 bits per heavy atom. The van der Waals surface area contributed by atoms with Gasteiger partial charge in [-0.3, -0.25) is 0 Å². The maximum absolute atomic E-state index is 2.39. The SMILES string of the molecule is CCC(CC)CC(CC)CC(CC)CC.CCC1CC(CC)CC(CC)CC(CC)C1. The van der Waals surface area contributed by atoms with Crippen LogP contribution in [0.3, 0.4) is 0 Å². The molecule has 1 rings (SSSR count). The lowest BCUT2D eigenvalue weighted by Gasteiger charge is -2.33. The van der Waals surface area contributed by atoms with Crippen molar-refractivity contribution in [2.45, 2.75) is 159 Å². The first-order valence-corrected chi connectivity index (χ1v) is 14.9. The van der Waals surface area contributed by atoms with Gasteiger partial charge in [0.15, 0.2) is 0 Å². The molecule has 0 aliphatic heterocycles. The third kappa shape index (κ3) is 13.3. The van der Waals surface area contributed by atoms with E-state index >= 15 is 0 Å². The fraction of sp³-hybridized carbons (Fsp3) is 1.00. The minimum Gasteiger partial charge on any atom is -0.0651 e. The smallest absolute Gasteiger partial charge is 0.0412 e. The number of hydrogen-bond acceptors (Lipinski definition) is 0. The average molecular weight is 437 g/mol. The van der Waals surface area contributed by atoms with Gasteiger partial charge >= 0.3 is 0 Å². The summed E-state index contributed by atoms with van der Waals surface area (Å²) >= 11 is 0. The lowest BCUT2D eigenvalue weighted by Crippen LogP contribution is -2.21. The third-order valence-electron chi connectivity index (χ3n) is 9.20. The highest BCUT2D eigenvalue weighted by atomic mass is 14.3. The first kappa shape index (κ1) is 31.0. The van der Waals surface area contributed by atoms with E-state index < -0.39 is 0 Å². The van der Waals surface area contributed by atoms with E-state index in [4.69, 9.17) is 0 Å². The molecule has 1 aliphatic rings. The van der Waals surface area contributed by atoms with Gasteiger partial charge in [-0.05, 0) is 80.0 Å². The van der Waals surface area contributed by atoms with Crippen molar-refractivity contribution in [1.29, 1.82) is 0 Å². The molecule has 0 amide bonds. The Hall–Kier alpha value is 0. The lowest BCUT2D eigenvalue weighted by molar-refractivity contribution is 0.183. The van der Waals surface area contributed by atoms with Gasteiger partial charge in [-0.1, -0.05) is 120 Å². The minimum absolute atomic E-state index is 0.976. The second-order valence-electron chi connectivity index (χ2n) is 11.2. The van der Waals surface area contributed by atoms with Gasteiger partial charge in [0.25, 0.3) is 0 Å². The van der Waals surface area contributed by atoms with Gasteiger partial charge in [-0.15, -0.1) is 0 Å². The van der Waals surface area contributed by atoms with Gasteiger partial charge < -0.3 is 0 Å². The summed E-state index contributed by atoms with van der Waals surface area (Å²) in [5.41, 5.74) is 0. The van der Waals surface area contributed by atoms with Gasteiger partial charge in [-0.25, -0.2) is 0 Å². The first-order valence-electron chi connectivity index (χ1n) is 14.9. The van der Waals surface area contributed by atoms with Crippen molar-refractivity contribution < 1.29 is 0 Å². The van der Waals surface area contributed by atoms with Crippen molar-refractivity contribution in [2.24, 2.45) is 41.4 Å². The molecular formula is C31H64. The maximum atomic E-state index is 2.39. The normalized spacial score (nSPS) is 24.8. The topological polar surface area (TPSA) is 0 Å². The first-order chi connectivity index (χ1) is 14.9. The molecule has 0 spiro atoms. The average Bonchev–Trinajstić information content (AvgIpc) is 2.80. The van der Waals surface area contributed by atoms with Crippen molar-refractivity contribution in [1.82, 2.24) is 0 Å². The van der Waals surface area contributed by atoms with Gasteiger partial charge in [0.05, 0.1) is 0 Å². The summed E-state index contributed by atoms with van der Waals surface area (Å²) in [6.45, 7) is 21.3. The fourth-order valence-electron chi connectivity index (χ4n) is 6.22. The van der Waals surface area contributed by atoms with Crippen LogP contribution in [-0.4, -0.2) is 0 Å². The van der Waals surface area contributed by atoms with Gasteiger partial charge in [-0.2, -0.15) is 0 Å². The van der Waals surface area contributed by atoms with Crippen LogP contribution in [0, 0.1) is 41.4 Å². The molecule has 0 unspecified atom stereocenters. The number of hydrogen-bond donors (Lipinski definition) is 0. The van der Waals surface area contributed by atoms with Crippen molar-refractivity contribution >= 4 is 0 Å². The molecule has 1 saturated carbocycles. The van der Waals surface area contributed by atoms with Crippen molar-refractivity contribution in [2.75, 3.05) is 0 Å². The molecule has 0 aromatic heterocycles. The molecule has 0 heterocycles. The van der Waals surface area contributed by atoms with Crippen LogP contribution in [0.5, 0.6) is 0 Å². The molecule has 0 aromatic carbocycles. The molecule has 0 saturated heterocycles. The minimum atomic E-state index is 0.976. The van der Waals surface area contributed by atoms with E-state index in [1.807, 2.05) is 0 Å². The Bertz CT molecular complexity index is 302. The summed E-state index contributed by atoms with van der Waals surface area (Å²) in [6.07, 6.45) is 21.5. The van der Waals surface area contributed by atoms with Gasteiger partial charge in [0, 0.05) is 0 Å². The maximum Gasteiger partial charge on any atom is -0.0412 e. The van der Waals surface area contributed by atoms with Gasteiger partial charge in [0.2, 0.25) is 0 Å². The Balaban J connectivity index is 0.000000582. The number of rotatable bonds is 13. The summed E-state index contributed by atoms with van der Waals surface area (Å²) in [5, 5.41) is 0. The monoisotopic (exact) mass is 437 g/mol. The van der Waals surface area contributed by atoms with Crippen LogP contribution in [0.15, 0.2) is 0 Å². The quantitative estimate of drug-likeness (QED) is 0.269. The summed E-state index contributed by atoms with van der Waals surface area (Å²) in [5.74, 6) is 7.02. The predicted octanol–water partition coefficient (Wildman–Crippen LogP) is 11.3. The zero-order valence-electron chi connectivity index (χ0n) is 23.6. The highest BCUT2D eigenvalue weighted by Gasteiger charge is 2.25. The molecule has 0 aromatic rings. The van der Waals surface area contributed by atoms with E-state index in [-0.39, 0.29) is 0 Å². The van der Waals surface area contributed by atoms with E-state index in [0.29, 0.717) is 0 Å². The lowest BCUT2D eigenvalue weighted by atomic mass is 9.72. The second-order valence-corrected chi connectivity index (χ2v) is 11.2. The molecule has 31 heavy (non-hydrogen) atoms. The summed E-state index contributed by atoms with van der Waals surface area (Å²) in [7, 11) is 0. The molecule has 0 heteroatoms. The van der Waals surface area contributed by atoms with Crippen LogP contribution >= 0.6 is 0 Å². The Morgan fingerprint density at radius 1 is 0.387 bits per heavy atom. The van der Waals surface area contributed by atoms with E-state index in [9.17, 15) is 0 Å². The van der Waals surface area contributed by atoms with E-state index in [1.165, 1.54) is 96.3 Å². The Labute approximate surface area is 200 Å². The largest absolute Gasteiger partial charge is 0.0651 e. The summed E-state index contributed by atoms with van der Waals surface area (Å²) in [4.78, 5) is 0. The van der Waals surface area contributed by atoms with Gasteiger partial charge in [0.1, 0.15) is 0 Å². The van der Waals surface area contributed by atoms with Crippen molar-refractivity contribution in [3.8, 4) is 0 Å². The zero-order valence-corrected chi connectivity index (χ0v) is 23.6. The highest BCUT2D eigenvalue weighted by molar-refractivity contribution is 4.77. The highest BCUT2D eigenvalue weighted by Crippen LogP contribution is 2.38. The fourth-order valence-corrected chi connectivity index (χ4v) is 6.22.